The van der Waals surface area contributed by atoms with Gasteiger partial charge in [-0.2, -0.15) is 13.2 Å². The number of aromatic nitrogens is 2. The Hall–Kier alpha value is -4.47. The van der Waals surface area contributed by atoms with Gasteiger partial charge in [-0.05, 0) is 61.4 Å². The molecule has 1 unspecified atom stereocenters. The van der Waals surface area contributed by atoms with E-state index >= 15 is 0 Å². The number of carbonyl (C=O) groups is 2. The highest BCUT2D eigenvalue weighted by atomic mass is 19.4. The summed E-state index contributed by atoms with van der Waals surface area (Å²) < 4.78 is 39.9. The minimum Gasteiger partial charge on any atom is -0.397 e. The Morgan fingerprint density at radius 3 is 2.51 bits per heavy atom. The van der Waals surface area contributed by atoms with Crippen molar-refractivity contribution in [2.24, 2.45) is 0 Å². The molecule has 1 fully saturated rings. The summed E-state index contributed by atoms with van der Waals surface area (Å²) in [5.74, 6) is -0.379. The van der Waals surface area contributed by atoms with Crippen LogP contribution in [0.5, 0.6) is 0 Å². The number of nitrogens with zero attached hydrogens (tertiary/aromatic N) is 3. The van der Waals surface area contributed by atoms with Crippen LogP contribution in [0.25, 0.3) is 10.9 Å². The van der Waals surface area contributed by atoms with Gasteiger partial charge < -0.3 is 16.0 Å². The fourth-order valence-corrected chi connectivity index (χ4v) is 4.95. The average molecular weight is 534 g/mol. The molecule has 5 rings (SSSR count). The van der Waals surface area contributed by atoms with Crippen LogP contribution in [0.1, 0.15) is 46.9 Å². The molecule has 3 N–H and O–H groups in total. The Balaban J connectivity index is 1.49. The van der Waals surface area contributed by atoms with Crippen molar-refractivity contribution in [2.45, 2.75) is 37.9 Å². The van der Waals surface area contributed by atoms with Crippen molar-refractivity contribution >= 4 is 34.1 Å². The number of nitrogens with one attached hydrogen (secondary N) is 1. The number of benzene rings is 2. The lowest BCUT2D eigenvalue weighted by molar-refractivity contribution is -0.137. The standard InChI is InChI=1S/C29H26F3N5O2/c1-28(26-23(33)15-21(17-35-26)29(30,31)32,16-18-6-9-22(10-7-18)37-13-3-5-25(37)38)36-27(39)20-8-11-24-19(14-20)4-2-12-34-24/h2,4,6-12,14-15,17H,3,5,13,16,33H2,1H3,(H,36,39). The molecule has 7 nitrogen and oxygen atoms in total. The second-order valence-corrected chi connectivity index (χ2v) is 9.85. The van der Waals surface area contributed by atoms with Crippen LogP contribution < -0.4 is 16.0 Å². The molecule has 39 heavy (non-hydrogen) atoms. The first-order valence-electron chi connectivity index (χ1n) is 12.4. The molecular weight excluding hydrogens is 507 g/mol. The van der Waals surface area contributed by atoms with Crippen molar-refractivity contribution < 1.29 is 22.8 Å². The number of rotatable bonds is 6. The van der Waals surface area contributed by atoms with E-state index in [4.69, 9.17) is 5.73 Å². The summed E-state index contributed by atoms with van der Waals surface area (Å²) in [4.78, 5) is 35.6. The third kappa shape index (κ3) is 5.41. The molecule has 2 aromatic heterocycles. The van der Waals surface area contributed by atoms with Crippen molar-refractivity contribution in [3.05, 3.63) is 95.4 Å². The highest BCUT2D eigenvalue weighted by Gasteiger charge is 2.36. The van der Waals surface area contributed by atoms with E-state index < -0.39 is 23.2 Å². The monoisotopic (exact) mass is 533 g/mol. The van der Waals surface area contributed by atoms with Crippen LogP contribution in [0.15, 0.2) is 73.1 Å². The van der Waals surface area contributed by atoms with E-state index in [9.17, 15) is 22.8 Å². The molecule has 1 aliphatic rings. The van der Waals surface area contributed by atoms with E-state index in [0.29, 0.717) is 18.5 Å². The molecule has 0 saturated carbocycles. The number of anilines is 2. The molecular formula is C29H26F3N5O2. The summed E-state index contributed by atoms with van der Waals surface area (Å²) in [6.45, 7) is 2.33. The fourth-order valence-electron chi connectivity index (χ4n) is 4.95. The summed E-state index contributed by atoms with van der Waals surface area (Å²) in [6.07, 6.45) is -0.737. The van der Waals surface area contributed by atoms with Gasteiger partial charge in [-0.1, -0.05) is 18.2 Å². The van der Waals surface area contributed by atoms with Crippen molar-refractivity contribution in [1.29, 1.82) is 0 Å². The summed E-state index contributed by atoms with van der Waals surface area (Å²) >= 11 is 0. The molecule has 3 heterocycles. The van der Waals surface area contributed by atoms with Gasteiger partial charge >= 0.3 is 6.18 Å². The zero-order chi connectivity index (χ0) is 27.8. The molecule has 0 radical (unpaired) electrons. The number of halogens is 3. The van der Waals surface area contributed by atoms with Gasteiger partial charge in [0.05, 0.1) is 28.0 Å². The van der Waals surface area contributed by atoms with Gasteiger partial charge in [-0.3, -0.25) is 19.6 Å². The molecule has 2 amide bonds. The van der Waals surface area contributed by atoms with Crippen LogP contribution in [0.3, 0.4) is 0 Å². The fraction of sp³-hybridized carbons (Fsp3) is 0.241. The highest BCUT2D eigenvalue weighted by Crippen LogP contribution is 2.35. The van der Waals surface area contributed by atoms with Gasteiger partial charge in [0, 0.05) is 48.4 Å². The topological polar surface area (TPSA) is 101 Å². The number of amides is 2. The normalized spacial score (nSPS) is 15.4. The average Bonchev–Trinajstić information content (AvgIpc) is 3.33. The van der Waals surface area contributed by atoms with Gasteiger partial charge in [0.2, 0.25) is 5.91 Å². The van der Waals surface area contributed by atoms with Crippen LogP contribution >= 0.6 is 0 Å². The lowest BCUT2D eigenvalue weighted by Crippen LogP contribution is -2.46. The van der Waals surface area contributed by atoms with Crippen LogP contribution in [-0.2, 0) is 22.9 Å². The quantitative estimate of drug-likeness (QED) is 0.353. The van der Waals surface area contributed by atoms with Gasteiger partial charge in [-0.25, -0.2) is 0 Å². The Labute approximate surface area is 222 Å². The Morgan fingerprint density at radius 2 is 1.85 bits per heavy atom. The van der Waals surface area contributed by atoms with Crippen LogP contribution in [0.2, 0.25) is 0 Å². The number of fused-ring (bicyclic) bond motifs is 1. The maximum atomic E-state index is 13.4. The molecule has 0 bridgehead atoms. The van der Waals surface area contributed by atoms with Crippen molar-refractivity contribution in [1.82, 2.24) is 15.3 Å². The SMILES string of the molecule is CC(Cc1ccc(N2CCCC2=O)cc1)(NC(=O)c1ccc2ncccc2c1)c1ncc(C(F)(F)F)cc1N. The first-order chi connectivity index (χ1) is 18.5. The lowest BCUT2D eigenvalue weighted by atomic mass is 9.87. The third-order valence-corrected chi connectivity index (χ3v) is 6.90. The third-order valence-electron chi connectivity index (χ3n) is 6.90. The molecule has 1 atom stereocenters. The van der Waals surface area contributed by atoms with E-state index in [1.165, 1.54) is 0 Å². The number of hydrogen-bond acceptors (Lipinski definition) is 5. The van der Waals surface area contributed by atoms with Gasteiger partial charge in [0.1, 0.15) is 0 Å². The second-order valence-electron chi connectivity index (χ2n) is 9.85. The Kier molecular flexibility index (Phi) is 6.71. The zero-order valence-electron chi connectivity index (χ0n) is 21.1. The number of nitrogens with two attached hydrogens (primary N) is 1. The maximum absolute atomic E-state index is 13.4. The molecule has 0 aliphatic carbocycles. The van der Waals surface area contributed by atoms with E-state index in [1.807, 2.05) is 30.3 Å². The largest absolute Gasteiger partial charge is 0.417 e. The van der Waals surface area contributed by atoms with Crippen LogP contribution in [-0.4, -0.2) is 28.3 Å². The first-order valence-corrected chi connectivity index (χ1v) is 12.4. The van der Waals surface area contributed by atoms with E-state index in [2.05, 4.69) is 15.3 Å². The van der Waals surface area contributed by atoms with Crippen molar-refractivity contribution in [3.63, 3.8) is 0 Å². The van der Waals surface area contributed by atoms with Crippen LogP contribution in [0.4, 0.5) is 24.5 Å². The minimum absolute atomic E-state index is 0.0622. The Bertz CT molecular complexity index is 1560. The summed E-state index contributed by atoms with van der Waals surface area (Å²) in [5.41, 5.74) is 6.42. The molecule has 200 valence electrons. The maximum Gasteiger partial charge on any atom is 0.417 e. The van der Waals surface area contributed by atoms with Gasteiger partial charge in [0.15, 0.2) is 0 Å². The lowest BCUT2D eigenvalue weighted by Gasteiger charge is -2.32. The molecule has 4 aromatic rings. The zero-order valence-corrected chi connectivity index (χ0v) is 21.1. The highest BCUT2D eigenvalue weighted by molar-refractivity contribution is 5.98. The molecule has 0 spiro atoms. The predicted octanol–water partition coefficient (Wildman–Crippen LogP) is 5.25. The molecule has 10 heteroatoms. The number of alkyl halides is 3. The summed E-state index contributed by atoms with van der Waals surface area (Å²) in [7, 11) is 0. The van der Waals surface area contributed by atoms with Crippen LogP contribution in [0, 0.1) is 0 Å². The number of hydrogen-bond donors (Lipinski definition) is 2. The molecule has 1 aliphatic heterocycles. The van der Waals surface area contributed by atoms with E-state index in [-0.39, 0.29) is 23.7 Å². The number of carbonyl (C=O) groups excluding carboxylic acids is 2. The van der Waals surface area contributed by atoms with E-state index in [1.54, 1.807) is 42.3 Å². The van der Waals surface area contributed by atoms with Crippen molar-refractivity contribution in [2.75, 3.05) is 17.2 Å². The predicted molar refractivity (Wildman–Crippen MR) is 142 cm³/mol. The summed E-state index contributed by atoms with van der Waals surface area (Å²) in [6, 6.07) is 16.8. The molecule has 2 aromatic carbocycles. The Morgan fingerprint density at radius 1 is 1.08 bits per heavy atom. The van der Waals surface area contributed by atoms with Gasteiger partial charge in [-0.15, -0.1) is 0 Å². The second kappa shape index (κ2) is 10.0. The first kappa shape index (κ1) is 26.1. The smallest absolute Gasteiger partial charge is 0.397 e. The molecule has 1 saturated heterocycles. The van der Waals surface area contributed by atoms with Gasteiger partial charge in [0.25, 0.3) is 5.91 Å². The minimum atomic E-state index is -4.61. The number of nitrogen functional groups attached to an aromatic ring is 1. The summed E-state index contributed by atoms with van der Waals surface area (Å²) in [5, 5.41) is 3.74. The number of pyridine rings is 2. The van der Waals surface area contributed by atoms with E-state index in [0.717, 1.165) is 40.8 Å². The van der Waals surface area contributed by atoms with Crippen molar-refractivity contribution in [3.8, 4) is 0 Å².